The SMILES string of the molecule is CCn1ccnc1C(NC)C1CCOC1C. The molecule has 90 valence electrons. The fraction of sp³-hybridized carbons (Fsp3) is 0.750. The number of hydrogen-bond donors (Lipinski definition) is 1. The molecule has 0 bridgehead atoms. The summed E-state index contributed by atoms with van der Waals surface area (Å²) in [6.07, 6.45) is 5.35. The Balaban J connectivity index is 2.21. The van der Waals surface area contributed by atoms with Gasteiger partial charge in [-0.2, -0.15) is 0 Å². The average Bonchev–Trinajstić information content (AvgIpc) is 2.90. The van der Waals surface area contributed by atoms with Gasteiger partial charge in [0.2, 0.25) is 0 Å². The van der Waals surface area contributed by atoms with Crippen LogP contribution < -0.4 is 5.32 Å². The van der Waals surface area contributed by atoms with Crippen molar-refractivity contribution in [3.63, 3.8) is 0 Å². The van der Waals surface area contributed by atoms with Crippen molar-refractivity contribution >= 4 is 0 Å². The van der Waals surface area contributed by atoms with Crippen LogP contribution in [0.5, 0.6) is 0 Å². The van der Waals surface area contributed by atoms with Crippen LogP contribution in [0.2, 0.25) is 0 Å². The van der Waals surface area contributed by atoms with Gasteiger partial charge in [0.25, 0.3) is 0 Å². The average molecular weight is 223 g/mol. The first kappa shape index (κ1) is 11.6. The first-order valence-electron chi connectivity index (χ1n) is 6.07. The number of nitrogens with one attached hydrogen (secondary N) is 1. The number of hydrogen-bond acceptors (Lipinski definition) is 3. The van der Waals surface area contributed by atoms with E-state index in [1.54, 1.807) is 0 Å². The Hall–Kier alpha value is -0.870. The van der Waals surface area contributed by atoms with Gasteiger partial charge in [0, 0.05) is 31.5 Å². The molecular weight excluding hydrogens is 202 g/mol. The summed E-state index contributed by atoms with van der Waals surface area (Å²) in [6, 6.07) is 0.299. The summed E-state index contributed by atoms with van der Waals surface area (Å²) in [5.74, 6) is 1.66. The molecule has 4 nitrogen and oxygen atoms in total. The highest BCUT2D eigenvalue weighted by molar-refractivity contribution is 5.03. The Morgan fingerprint density at radius 1 is 1.69 bits per heavy atom. The molecule has 1 aromatic rings. The van der Waals surface area contributed by atoms with Gasteiger partial charge in [0.1, 0.15) is 5.82 Å². The predicted octanol–water partition coefficient (Wildman–Crippen LogP) is 1.59. The summed E-state index contributed by atoms with van der Waals surface area (Å²) in [4.78, 5) is 4.48. The van der Waals surface area contributed by atoms with Gasteiger partial charge in [-0.25, -0.2) is 4.98 Å². The molecule has 1 aliphatic rings. The number of aryl methyl sites for hydroxylation is 1. The summed E-state index contributed by atoms with van der Waals surface area (Å²) >= 11 is 0. The maximum Gasteiger partial charge on any atom is 0.126 e. The van der Waals surface area contributed by atoms with Crippen molar-refractivity contribution in [2.45, 2.75) is 39.0 Å². The van der Waals surface area contributed by atoms with E-state index in [0.29, 0.717) is 18.1 Å². The zero-order valence-corrected chi connectivity index (χ0v) is 10.3. The van der Waals surface area contributed by atoms with Gasteiger partial charge in [0.15, 0.2) is 0 Å². The highest BCUT2D eigenvalue weighted by Gasteiger charge is 2.33. The minimum Gasteiger partial charge on any atom is -0.378 e. The Labute approximate surface area is 97.0 Å². The third-order valence-electron chi connectivity index (χ3n) is 3.54. The van der Waals surface area contributed by atoms with Crippen molar-refractivity contribution in [2.75, 3.05) is 13.7 Å². The number of imidazole rings is 1. The molecule has 0 saturated carbocycles. The fourth-order valence-corrected chi connectivity index (χ4v) is 2.59. The Morgan fingerprint density at radius 2 is 2.50 bits per heavy atom. The minimum absolute atomic E-state index is 0.299. The molecule has 0 spiro atoms. The number of aromatic nitrogens is 2. The first-order chi connectivity index (χ1) is 7.77. The quantitative estimate of drug-likeness (QED) is 0.842. The van der Waals surface area contributed by atoms with Crippen LogP contribution in [0.25, 0.3) is 0 Å². The van der Waals surface area contributed by atoms with Crippen molar-refractivity contribution in [2.24, 2.45) is 5.92 Å². The van der Waals surface area contributed by atoms with E-state index in [9.17, 15) is 0 Å². The second-order valence-corrected chi connectivity index (χ2v) is 4.37. The normalized spacial score (nSPS) is 27.2. The van der Waals surface area contributed by atoms with E-state index in [2.05, 4.69) is 28.7 Å². The van der Waals surface area contributed by atoms with E-state index in [1.807, 2.05) is 19.4 Å². The number of rotatable bonds is 4. The molecule has 1 saturated heterocycles. The van der Waals surface area contributed by atoms with Gasteiger partial charge in [-0.05, 0) is 27.3 Å². The van der Waals surface area contributed by atoms with Crippen molar-refractivity contribution in [3.05, 3.63) is 18.2 Å². The van der Waals surface area contributed by atoms with Crippen LogP contribution in [0.3, 0.4) is 0 Å². The monoisotopic (exact) mass is 223 g/mol. The molecule has 4 heteroatoms. The molecule has 2 rings (SSSR count). The molecule has 0 radical (unpaired) electrons. The lowest BCUT2D eigenvalue weighted by atomic mass is 9.93. The topological polar surface area (TPSA) is 39.1 Å². The summed E-state index contributed by atoms with van der Waals surface area (Å²) in [7, 11) is 2.00. The molecule has 1 N–H and O–H groups in total. The van der Waals surface area contributed by atoms with Crippen molar-refractivity contribution < 1.29 is 4.74 Å². The van der Waals surface area contributed by atoms with E-state index in [0.717, 1.165) is 25.4 Å². The lowest BCUT2D eigenvalue weighted by Crippen LogP contribution is -2.31. The minimum atomic E-state index is 0.299. The highest BCUT2D eigenvalue weighted by atomic mass is 16.5. The van der Waals surface area contributed by atoms with Gasteiger partial charge in [-0.15, -0.1) is 0 Å². The van der Waals surface area contributed by atoms with Gasteiger partial charge >= 0.3 is 0 Å². The van der Waals surface area contributed by atoms with Crippen LogP contribution in [0, 0.1) is 5.92 Å². The Morgan fingerprint density at radius 3 is 3.06 bits per heavy atom. The molecule has 1 aliphatic heterocycles. The molecule has 1 fully saturated rings. The first-order valence-corrected chi connectivity index (χ1v) is 6.07. The van der Waals surface area contributed by atoms with E-state index in [-0.39, 0.29) is 0 Å². The van der Waals surface area contributed by atoms with Crippen molar-refractivity contribution in [3.8, 4) is 0 Å². The second kappa shape index (κ2) is 4.97. The van der Waals surface area contributed by atoms with Crippen molar-refractivity contribution in [1.29, 1.82) is 0 Å². The zero-order chi connectivity index (χ0) is 11.5. The summed E-state index contributed by atoms with van der Waals surface area (Å²) < 4.78 is 7.84. The van der Waals surface area contributed by atoms with E-state index in [4.69, 9.17) is 4.74 Å². The van der Waals surface area contributed by atoms with Gasteiger partial charge in [0.05, 0.1) is 12.1 Å². The maximum absolute atomic E-state index is 5.64. The third-order valence-corrected chi connectivity index (χ3v) is 3.54. The molecule has 1 aromatic heterocycles. The van der Waals surface area contributed by atoms with Crippen LogP contribution >= 0.6 is 0 Å². The largest absolute Gasteiger partial charge is 0.378 e. The molecule has 0 aromatic carbocycles. The van der Waals surface area contributed by atoms with E-state index >= 15 is 0 Å². The third kappa shape index (κ3) is 1.99. The molecule has 3 unspecified atom stereocenters. The maximum atomic E-state index is 5.64. The predicted molar refractivity (Wildman–Crippen MR) is 63.2 cm³/mol. The summed E-state index contributed by atoms with van der Waals surface area (Å²) in [6.45, 7) is 6.14. The molecule has 0 amide bonds. The molecule has 16 heavy (non-hydrogen) atoms. The molecule has 3 atom stereocenters. The number of nitrogens with zero attached hydrogens (tertiary/aromatic N) is 2. The van der Waals surface area contributed by atoms with Crippen LogP contribution in [0.4, 0.5) is 0 Å². The van der Waals surface area contributed by atoms with E-state index in [1.165, 1.54) is 0 Å². The van der Waals surface area contributed by atoms with Gasteiger partial charge in [-0.3, -0.25) is 0 Å². The zero-order valence-electron chi connectivity index (χ0n) is 10.3. The standard InChI is InChI=1S/C12H21N3O/c1-4-15-7-6-14-12(15)11(13-3)10-5-8-16-9(10)2/h6-7,9-11,13H,4-5,8H2,1-3H3. The van der Waals surface area contributed by atoms with Crippen molar-refractivity contribution in [1.82, 2.24) is 14.9 Å². The van der Waals surface area contributed by atoms with Gasteiger partial charge < -0.3 is 14.6 Å². The lowest BCUT2D eigenvalue weighted by molar-refractivity contribution is 0.0949. The highest BCUT2D eigenvalue weighted by Crippen LogP contribution is 2.32. The summed E-state index contributed by atoms with van der Waals surface area (Å²) in [5.41, 5.74) is 0. The smallest absolute Gasteiger partial charge is 0.126 e. The second-order valence-electron chi connectivity index (χ2n) is 4.37. The van der Waals surface area contributed by atoms with Crippen LogP contribution in [-0.4, -0.2) is 29.3 Å². The Kier molecular flexibility index (Phi) is 3.61. The molecule has 0 aliphatic carbocycles. The summed E-state index contributed by atoms with van der Waals surface area (Å²) in [5, 5.41) is 3.39. The fourth-order valence-electron chi connectivity index (χ4n) is 2.59. The van der Waals surface area contributed by atoms with Crippen LogP contribution in [-0.2, 0) is 11.3 Å². The van der Waals surface area contributed by atoms with Crippen LogP contribution in [0.15, 0.2) is 12.4 Å². The lowest BCUT2D eigenvalue weighted by Gasteiger charge is -2.25. The van der Waals surface area contributed by atoms with E-state index < -0.39 is 0 Å². The Bertz CT molecular complexity index is 337. The van der Waals surface area contributed by atoms with Crippen LogP contribution in [0.1, 0.15) is 32.1 Å². The molecule has 2 heterocycles. The molecular formula is C12H21N3O. The van der Waals surface area contributed by atoms with Gasteiger partial charge in [-0.1, -0.05) is 0 Å². The number of ether oxygens (including phenoxy) is 1.